The summed E-state index contributed by atoms with van der Waals surface area (Å²) in [4.78, 5) is 14.1. The summed E-state index contributed by atoms with van der Waals surface area (Å²) in [6, 6.07) is 0. The molecule has 0 spiro atoms. The predicted octanol–water partition coefficient (Wildman–Crippen LogP) is 0.936. The quantitative estimate of drug-likeness (QED) is 0.748. The molecule has 1 amide bonds. The second-order valence-electron chi connectivity index (χ2n) is 4.32. The summed E-state index contributed by atoms with van der Waals surface area (Å²) in [5.41, 5.74) is 5.53. The summed E-state index contributed by atoms with van der Waals surface area (Å²) < 4.78 is 5.39. The molecule has 1 saturated heterocycles. The second kappa shape index (κ2) is 6.15. The van der Waals surface area contributed by atoms with Crippen LogP contribution in [0.25, 0.3) is 0 Å². The van der Waals surface area contributed by atoms with Crippen LogP contribution in [0.1, 0.15) is 26.7 Å². The first kappa shape index (κ1) is 13.4. The Kier molecular flexibility index (Phi) is 5.15. The van der Waals surface area contributed by atoms with Gasteiger partial charge < -0.3 is 15.4 Å². The molecule has 1 aliphatic heterocycles. The van der Waals surface area contributed by atoms with Gasteiger partial charge >= 0.3 is 0 Å². The van der Waals surface area contributed by atoms with Crippen LogP contribution in [0.3, 0.4) is 0 Å². The lowest BCUT2D eigenvalue weighted by Gasteiger charge is -2.33. The maximum Gasteiger partial charge on any atom is 0.223 e. The summed E-state index contributed by atoms with van der Waals surface area (Å²) in [5, 5.41) is 0. The van der Waals surface area contributed by atoms with Gasteiger partial charge in [-0.2, -0.15) is 0 Å². The van der Waals surface area contributed by atoms with Crippen LogP contribution < -0.4 is 5.73 Å². The maximum atomic E-state index is 11.9. The number of amides is 1. The van der Waals surface area contributed by atoms with E-state index in [1.165, 1.54) is 0 Å². The zero-order valence-electron chi connectivity index (χ0n) is 9.94. The molecule has 0 radical (unpaired) electrons. The Bertz CT molecular complexity index is 271. The fourth-order valence-corrected chi connectivity index (χ4v) is 1.76. The Labute approximate surface area is 102 Å². The molecule has 16 heavy (non-hydrogen) atoms. The summed E-state index contributed by atoms with van der Waals surface area (Å²) in [6.45, 7) is 5.85. The minimum atomic E-state index is -0.273. The largest absolute Gasteiger partial charge is 0.391 e. The Balaban J connectivity index is 2.47. The van der Waals surface area contributed by atoms with Gasteiger partial charge in [0, 0.05) is 13.0 Å². The van der Waals surface area contributed by atoms with Gasteiger partial charge in [0.2, 0.25) is 5.91 Å². The van der Waals surface area contributed by atoms with Gasteiger partial charge in [0.25, 0.3) is 0 Å². The monoisotopic (exact) mass is 244 g/mol. The summed E-state index contributed by atoms with van der Waals surface area (Å²) >= 11 is 4.88. The second-order valence-corrected chi connectivity index (χ2v) is 4.79. The number of hydrogen-bond donors (Lipinski definition) is 1. The standard InChI is InChI=1S/C11H20N2O2S/c1-3-8(2)6-10(14)13-4-5-15-9(7-13)11(12)16/h8-9H,3-7H2,1-2H3,(H2,12,16). The zero-order valence-corrected chi connectivity index (χ0v) is 10.8. The number of carbonyl (C=O) groups excluding carboxylic acids is 1. The lowest BCUT2D eigenvalue weighted by Crippen LogP contribution is -2.50. The molecule has 2 N–H and O–H groups in total. The van der Waals surface area contributed by atoms with Crippen LogP contribution in [0.15, 0.2) is 0 Å². The first-order valence-electron chi connectivity index (χ1n) is 5.73. The van der Waals surface area contributed by atoms with Crippen LogP contribution in [0.5, 0.6) is 0 Å². The minimum absolute atomic E-state index is 0.180. The number of nitrogens with zero attached hydrogens (tertiary/aromatic N) is 1. The molecule has 0 aromatic heterocycles. The first-order chi connectivity index (χ1) is 7.54. The third kappa shape index (κ3) is 3.72. The van der Waals surface area contributed by atoms with E-state index >= 15 is 0 Å². The lowest BCUT2D eigenvalue weighted by atomic mass is 10.0. The van der Waals surface area contributed by atoms with E-state index in [9.17, 15) is 4.79 Å². The molecule has 2 atom stereocenters. The highest BCUT2D eigenvalue weighted by molar-refractivity contribution is 7.80. The van der Waals surface area contributed by atoms with Gasteiger partial charge in [0.05, 0.1) is 13.2 Å². The number of ether oxygens (including phenoxy) is 1. The summed E-state index contributed by atoms with van der Waals surface area (Å²) in [7, 11) is 0. The van der Waals surface area contributed by atoms with Crippen molar-refractivity contribution in [1.29, 1.82) is 0 Å². The molecule has 0 aromatic rings. The van der Waals surface area contributed by atoms with Gasteiger partial charge in [-0.1, -0.05) is 32.5 Å². The van der Waals surface area contributed by atoms with Crippen molar-refractivity contribution in [2.45, 2.75) is 32.8 Å². The SMILES string of the molecule is CCC(C)CC(=O)N1CCOC(C(N)=S)C1. The van der Waals surface area contributed by atoms with Crippen molar-refractivity contribution in [3.8, 4) is 0 Å². The maximum absolute atomic E-state index is 11.9. The molecule has 0 bridgehead atoms. The fraction of sp³-hybridized carbons (Fsp3) is 0.818. The Morgan fingerprint density at radius 2 is 2.38 bits per heavy atom. The van der Waals surface area contributed by atoms with E-state index in [0.717, 1.165) is 6.42 Å². The highest BCUT2D eigenvalue weighted by Crippen LogP contribution is 2.12. The van der Waals surface area contributed by atoms with Crippen molar-refractivity contribution >= 4 is 23.1 Å². The van der Waals surface area contributed by atoms with Crippen LogP contribution in [-0.4, -0.2) is 41.6 Å². The fourth-order valence-electron chi connectivity index (χ4n) is 1.62. The number of rotatable bonds is 4. The lowest BCUT2D eigenvalue weighted by molar-refractivity contribution is -0.137. The topological polar surface area (TPSA) is 55.6 Å². The number of nitrogens with two attached hydrogens (primary N) is 1. The highest BCUT2D eigenvalue weighted by atomic mass is 32.1. The number of hydrogen-bond acceptors (Lipinski definition) is 3. The molecule has 1 heterocycles. The molecule has 5 heteroatoms. The summed E-state index contributed by atoms with van der Waals surface area (Å²) in [6.07, 6.45) is 1.35. The molecular weight excluding hydrogens is 224 g/mol. The van der Waals surface area contributed by atoms with E-state index in [-0.39, 0.29) is 12.0 Å². The third-order valence-electron chi connectivity index (χ3n) is 2.96. The molecule has 92 valence electrons. The van der Waals surface area contributed by atoms with Gasteiger partial charge in [-0.25, -0.2) is 0 Å². The van der Waals surface area contributed by atoms with Gasteiger partial charge in [0.1, 0.15) is 11.1 Å². The van der Waals surface area contributed by atoms with E-state index in [2.05, 4.69) is 13.8 Å². The zero-order chi connectivity index (χ0) is 12.1. The average Bonchev–Trinajstić information content (AvgIpc) is 2.28. The van der Waals surface area contributed by atoms with E-state index in [1.807, 2.05) is 0 Å². The Morgan fingerprint density at radius 3 is 2.94 bits per heavy atom. The van der Waals surface area contributed by atoms with Crippen LogP contribution in [-0.2, 0) is 9.53 Å². The minimum Gasteiger partial charge on any atom is -0.391 e. The van der Waals surface area contributed by atoms with Crippen molar-refractivity contribution in [3.05, 3.63) is 0 Å². The van der Waals surface area contributed by atoms with Gasteiger partial charge in [-0.15, -0.1) is 0 Å². The average molecular weight is 244 g/mol. The molecule has 0 saturated carbocycles. The molecular formula is C11H20N2O2S. The van der Waals surface area contributed by atoms with Crippen molar-refractivity contribution in [1.82, 2.24) is 4.90 Å². The van der Waals surface area contributed by atoms with Crippen molar-refractivity contribution in [3.63, 3.8) is 0 Å². The number of morpholine rings is 1. The van der Waals surface area contributed by atoms with Gasteiger partial charge in [0.15, 0.2) is 0 Å². The summed E-state index contributed by atoms with van der Waals surface area (Å²) in [5.74, 6) is 0.609. The predicted molar refractivity (Wildman–Crippen MR) is 67.2 cm³/mol. The molecule has 4 nitrogen and oxygen atoms in total. The van der Waals surface area contributed by atoms with Crippen LogP contribution in [0.4, 0.5) is 0 Å². The molecule has 1 rings (SSSR count). The van der Waals surface area contributed by atoms with Crippen molar-refractivity contribution in [2.75, 3.05) is 19.7 Å². The molecule has 0 aliphatic carbocycles. The van der Waals surface area contributed by atoms with Crippen LogP contribution in [0, 0.1) is 5.92 Å². The molecule has 1 aliphatic rings. The Morgan fingerprint density at radius 1 is 1.69 bits per heavy atom. The first-order valence-corrected chi connectivity index (χ1v) is 6.14. The van der Waals surface area contributed by atoms with Crippen molar-refractivity contribution in [2.24, 2.45) is 11.7 Å². The molecule has 2 unspecified atom stereocenters. The van der Waals surface area contributed by atoms with Crippen LogP contribution >= 0.6 is 12.2 Å². The van der Waals surface area contributed by atoms with E-state index < -0.39 is 0 Å². The normalized spacial score (nSPS) is 22.9. The number of carbonyl (C=O) groups is 1. The van der Waals surface area contributed by atoms with E-state index in [0.29, 0.717) is 37.0 Å². The highest BCUT2D eigenvalue weighted by Gasteiger charge is 2.26. The Hall–Kier alpha value is -0.680. The van der Waals surface area contributed by atoms with Crippen molar-refractivity contribution < 1.29 is 9.53 Å². The smallest absolute Gasteiger partial charge is 0.223 e. The van der Waals surface area contributed by atoms with Gasteiger partial charge in [-0.3, -0.25) is 4.79 Å². The van der Waals surface area contributed by atoms with E-state index in [1.54, 1.807) is 4.90 Å². The molecule has 1 fully saturated rings. The van der Waals surface area contributed by atoms with E-state index in [4.69, 9.17) is 22.7 Å². The number of thiocarbonyl (C=S) groups is 1. The third-order valence-corrected chi connectivity index (χ3v) is 3.22. The van der Waals surface area contributed by atoms with Crippen LogP contribution in [0.2, 0.25) is 0 Å². The molecule has 0 aromatic carbocycles. The van der Waals surface area contributed by atoms with Gasteiger partial charge in [-0.05, 0) is 5.92 Å².